The molecule has 0 radical (unpaired) electrons. The summed E-state index contributed by atoms with van der Waals surface area (Å²) in [5, 5.41) is 13.9. The van der Waals surface area contributed by atoms with Crippen molar-refractivity contribution in [2.24, 2.45) is 4.99 Å². The highest BCUT2D eigenvalue weighted by Gasteiger charge is 2.20. The number of nitrogens with zero attached hydrogens (tertiary/aromatic N) is 4. The van der Waals surface area contributed by atoms with Gasteiger partial charge in [0.25, 0.3) is 0 Å². The number of nitrogens with one attached hydrogen (secondary N) is 1. The number of benzene rings is 1. The van der Waals surface area contributed by atoms with Crippen molar-refractivity contribution in [3.8, 4) is 11.3 Å². The molecule has 0 aliphatic rings. The molecule has 1 unspecified atom stereocenters. The molecule has 0 bridgehead atoms. The fourth-order valence-electron chi connectivity index (χ4n) is 3.19. The second-order valence-electron chi connectivity index (χ2n) is 7.90. The molecule has 0 aliphatic carbocycles. The molecule has 0 saturated carbocycles. The van der Waals surface area contributed by atoms with Crippen LogP contribution in [-0.2, 0) is 5.60 Å². The molecule has 0 spiro atoms. The van der Waals surface area contributed by atoms with Gasteiger partial charge in [-0.25, -0.2) is 14.4 Å². The summed E-state index contributed by atoms with van der Waals surface area (Å²) in [4.78, 5) is 17.0. The molecule has 0 aliphatic heterocycles. The number of aliphatic hydroxyl groups is 1. The number of aliphatic imine (C=N–C) groups is 1. The van der Waals surface area contributed by atoms with Crippen LogP contribution in [0, 0.1) is 5.82 Å². The summed E-state index contributed by atoms with van der Waals surface area (Å²) in [7, 11) is 0. The van der Waals surface area contributed by atoms with Crippen molar-refractivity contribution in [1.82, 2.24) is 20.3 Å². The largest absolute Gasteiger partial charge is 0.382 e. The summed E-state index contributed by atoms with van der Waals surface area (Å²) in [5.41, 5.74) is 2.38. The van der Waals surface area contributed by atoms with E-state index >= 15 is 0 Å². The lowest BCUT2D eigenvalue weighted by Gasteiger charge is -2.21. The van der Waals surface area contributed by atoms with Gasteiger partial charge in [-0.2, -0.15) is 0 Å². The monoisotopic (exact) mass is 453 g/mol. The second-order valence-corrected chi connectivity index (χ2v) is 8.46. The molecule has 0 fully saturated rings. The van der Waals surface area contributed by atoms with E-state index in [4.69, 9.17) is 11.6 Å². The minimum Gasteiger partial charge on any atom is -0.382 e. The van der Waals surface area contributed by atoms with Crippen LogP contribution in [0.3, 0.4) is 0 Å². The van der Waals surface area contributed by atoms with Crippen molar-refractivity contribution in [2.45, 2.75) is 39.3 Å². The van der Waals surface area contributed by atoms with Crippen LogP contribution in [0.15, 0.2) is 58.9 Å². The van der Waals surface area contributed by atoms with Crippen LogP contribution in [0.4, 0.5) is 10.1 Å². The number of hydrogen-bond donors (Lipinski definition) is 2. The highest BCUT2D eigenvalue weighted by molar-refractivity contribution is 6.32. The van der Waals surface area contributed by atoms with E-state index in [0.29, 0.717) is 44.6 Å². The van der Waals surface area contributed by atoms with Gasteiger partial charge in [-0.05, 0) is 46.5 Å². The molecule has 32 heavy (non-hydrogen) atoms. The van der Waals surface area contributed by atoms with Gasteiger partial charge in [-0.15, -0.1) is 0 Å². The van der Waals surface area contributed by atoms with E-state index in [2.05, 4.69) is 32.0 Å². The Labute approximate surface area is 192 Å². The first kappa shape index (κ1) is 23.5. The van der Waals surface area contributed by atoms with Gasteiger partial charge in [-0.3, -0.25) is 9.98 Å². The van der Waals surface area contributed by atoms with Gasteiger partial charge >= 0.3 is 0 Å². The number of rotatable bonds is 7. The van der Waals surface area contributed by atoms with Crippen LogP contribution in [0.2, 0.25) is 0 Å². The maximum Gasteiger partial charge on any atom is 0.159 e. The van der Waals surface area contributed by atoms with E-state index in [0.717, 1.165) is 0 Å². The second kappa shape index (κ2) is 9.54. The third-order valence-electron chi connectivity index (χ3n) is 4.89. The Morgan fingerprint density at radius 2 is 1.84 bits per heavy atom. The molecule has 8 heteroatoms. The zero-order chi connectivity index (χ0) is 23.5. The molecule has 1 aromatic carbocycles. The van der Waals surface area contributed by atoms with Gasteiger partial charge in [-0.1, -0.05) is 29.8 Å². The van der Waals surface area contributed by atoms with Gasteiger partial charge in [0.15, 0.2) is 5.82 Å². The number of halogens is 2. The standard InChI is InChI=1S/C24H25ClFN5O/c1-14(25)22(31-15(2)17-8-6-7-9-19(17)26)18-10-20(28-13-21(18)27-5)16-11-29-23(30-12-16)24(3,4)32/h6-13,15,31-32H,5H2,1-4H3/b22-14-. The van der Waals surface area contributed by atoms with Crippen molar-refractivity contribution >= 4 is 29.7 Å². The van der Waals surface area contributed by atoms with Gasteiger partial charge in [0.1, 0.15) is 11.4 Å². The average Bonchev–Trinajstić information content (AvgIpc) is 2.76. The minimum absolute atomic E-state index is 0.305. The van der Waals surface area contributed by atoms with E-state index in [1.54, 1.807) is 63.6 Å². The molecule has 0 saturated heterocycles. The molecule has 2 heterocycles. The molecule has 1 atom stereocenters. The molecule has 166 valence electrons. The molecule has 3 rings (SSSR count). The van der Waals surface area contributed by atoms with E-state index in [1.165, 1.54) is 6.07 Å². The molecule has 6 nitrogen and oxygen atoms in total. The van der Waals surface area contributed by atoms with Crippen molar-refractivity contribution in [3.63, 3.8) is 0 Å². The fraction of sp³-hybridized carbons (Fsp3) is 0.250. The fourth-order valence-corrected chi connectivity index (χ4v) is 3.35. The van der Waals surface area contributed by atoms with Crippen LogP contribution in [0.1, 0.15) is 50.7 Å². The maximum absolute atomic E-state index is 14.3. The maximum atomic E-state index is 14.3. The predicted molar refractivity (Wildman–Crippen MR) is 126 cm³/mol. The SMILES string of the molecule is C=Nc1cnc(-c2cnc(C(C)(C)O)nc2)cc1/C(NC(C)c1ccccc1F)=C(\C)Cl. The molecule has 3 aromatic rings. The summed E-state index contributed by atoms with van der Waals surface area (Å²) < 4.78 is 14.3. The number of hydrogen-bond acceptors (Lipinski definition) is 6. The number of allylic oxidation sites excluding steroid dienone is 1. The van der Waals surface area contributed by atoms with Crippen molar-refractivity contribution in [1.29, 1.82) is 0 Å². The zero-order valence-electron chi connectivity index (χ0n) is 18.4. The van der Waals surface area contributed by atoms with E-state index < -0.39 is 5.60 Å². The summed E-state index contributed by atoms with van der Waals surface area (Å²) in [6, 6.07) is 8.02. The normalized spacial score (nSPS) is 13.3. The Hall–Kier alpha value is -3.16. The average molecular weight is 454 g/mol. The lowest BCUT2D eigenvalue weighted by molar-refractivity contribution is 0.0687. The molecule has 2 aromatic heterocycles. The first-order valence-corrected chi connectivity index (χ1v) is 10.4. The predicted octanol–water partition coefficient (Wildman–Crippen LogP) is 5.52. The Morgan fingerprint density at radius 3 is 2.41 bits per heavy atom. The van der Waals surface area contributed by atoms with Crippen LogP contribution < -0.4 is 5.32 Å². The van der Waals surface area contributed by atoms with Crippen LogP contribution >= 0.6 is 11.6 Å². The lowest BCUT2D eigenvalue weighted by atomic mass is 10.0. The molecule has 2 N–H and O–H groups in total. The number of pyridine rings is 1. The zero-order valence-corrected chi connectivity index (χ0v) is 19.2. The first-order valence-electron chi connectivity index (χ1n) is 10.0. The Kier molecular flexibility index (Phi) is 7.01. The van der Waals surface area contributed by atoms with E-state index in [1.807, 2.05) is 6.92 Å². The lowest BCUT2D eigenvalue weighted by Crippen LogP contribution is -2.19. The van der Waals surface area contributed by atoms with Crippen molar-refractivity contribution in [2.75, 3.05) is 0 Å². The summed E-state index contributed by atoms with van der Waals surface area (Å²) in [6.45, 7) is 10.5. The molecular weight excluding hydrogens is 429 g/mol. The quantitative estimate of drug-likeness (QED) is 0.460. The van der Waals surface area contributed by atoms with E-state index in [-0.39, 0.29) is 11.9 Å². The Morgan fingerprint density at radius 1 is 1.19 bits per heavy atom. The highest BCUT2D eigenvalue weighted by Crippen LogP contribution is 2.33. The topological polar surface area (TPSA) is 83.3 Å². The summed E-state index contributed by atoms with van der Waals surface area (Å²) >= 11 is 6.44. The third kappa shape index (κ3) is 5.18. The smallest absolute Gasteiger partial charge is 0.159 e. The van der Waals surface area contributed by atoms with Gasteiger partial charge in [0.05, 0.1) is 29.3 Å². The van der Waals surface area contributed by atoms with Crippen molar-refractivity contribution < 1.29 is 9.50 Å². The molecule has 0 amide bonds. The minimum atomic E-state index is -1.15. The van der Waals surface area contributed by atoms with Crippen molar-refractivity contribution in [3.05, 3.63) is 76.7 Å². The number of aromatic nitrogens is 3. The Bertz CT molecular complexity index is 1150. The molecular formula is C24H25ClFN5O. The van der Waals surface area contributed by atoms with Gasteiger partial charge < -0.3 is 10.4 Å². The van der Waals surface area contributed by atoms with Gasteiger partial charge in [0.2, 0.25) is 0 Å². The van der Waals surface area contributed by atoms with Crippen LogP contribution in [0.25, 0.3) is 17.0 Å². The summed E-state index contributed by atoms with van der Waals surface area (Å²) in [6.07, 6.45) is 4.77. The highest BCUT2D eigenvalue weighted by atomic mass is 35.5. The first-order chi connectivity index (χ1) is 15.1. The van der Waals surface area contributed by atoms with E-state index in [9.17, 15) is 9.50 Å². The summed E-state index contributed by atoms with van der Waals surface area (Å²) in [5.74, 6) is 0.00373. The Balaban J connectivity index is 2.02. The third-order valence-corrected chi connectivity index (χ3v) is 5.08. The van der Waals surface area contributed by atoms with Crippen LogP contribution in [0.5, 0.6) is 0 Å². The van der Waals surface area contributed by atoms with Crippen LogP contribution in [-0.4, -0.2) is 26.8 Å². The van der Waals surface area contributed by atoms with Gasteiger partial charge in [0, 0.05) is 34.1 Å².